The molecule has 3 rings (SSSR count). The lowest BCUT2D eigenvalue weighted by molar-refractivity contribution is -0.138. The molecule has 3 N–H and O–H groups in total. The number of carboxylic acid groups (broad SMARTS) is 1. The molecule has 9 heteroatoms. The van der Waals surface area contributed by atoms with Crippen LogP contribution in [0.25, 0.3) is 5.82 Å². The summed E-state index contributed by atoms with van der Waals surface area (Å²) < 4.78 is 7.76. The fraction of sp³-hybridized carbons (Fsp3) is 0.375. The minimum absolute atomic E-state index is 0.105. The van der Waals surface area contributed by atoms with Gasteiger partial charge in [-0.1, -0.05) is 6.07 Å². The standard InChI is InChI=1S/C16H18N4O5/c1-19-12-4-5-25-8-10(12)14(21)20(16(19)24)13-3-2-9(7-18-13)6-11(17)15(22)23/h2-3,7,11H,4-6,8,17H2,1H3,(H,22,23)/t11-/m0/s1. The lowest BCUT2D eigenvalue weighted by atomic mass is 10.1. The van der Waals surface area contributed by atoms with Crippen LogP contribution in [0.3, 0.4) is 0 Å². The zero-order valence-electron chi connectivity index (χ0n) is 13.6. The summed E-state index contributed by atoms with van der Waals surface area (Å²) in [4.78, 5) is 40.2. The van der Waals surface area contributed by atoms with Crippen LogP contribution in [0.2, 0.25) is 0 Å². The second kappa shape index (κ2) is 6.61. The first-order valence-corrected chi connectivity index (χ1v) is 7.75. The molecule has 0 aromatic carbocycles. The molecule has 0 saturated heterocycles. The smallest absolute Gasteiger partial charge is 0.336 e. The number of aliphatic carboxylic acids is 1. The van der Waals surface area contributed by atoms with Crippen molar-refractivity contribution in [3.63, 3.8) is 0 Å². The number of carbonyl (C=O) groups is 1. The molecule has 0 bridgehead atoms. The number of ether oxygens (including phenoxy) is 1. The number of fused-ring (bicyclic) bond motifs is 1. The van der Waals surface area contributed by atoms with Crippen molar-refractivity contribution < 1.29 is 14.6 Å². The van der Waals surface area contributed by atoms with Crippen LogP contribution in [0.4, 0.5) is 0 Å². The first-order chi connectivity index (χ1) is 11.9. The van der Waals surface area contributed by atoms with Crippen molar-refractivity contribution in [1.82, 2.24) is 14.1 Å². The zero-order valence-corrected chi connectivity index (χ0v) is 13.6. The maximum Gasteiger partial charge on any atom is 0.336 e. The van der Waals surface area contributed by atoms with E-state index in [1.54, 1.807) is 13.1 Å². The Morgan fingerprint density at radius 2 is 2.20 bits per heavy atom. The third kappa shape index (κ3) is 3.11. The second-order valence-corrected chi connectivity index (χ2v) is 5.88. The van der Waals surface area contributed by atoms with Crippen LogP contribution in [0.15, 0.2) is 27.9 Å². The minimum atomic E-state index is -1.11. The van der Waals surface area contributed by atoms with E-state index in [1.807, 2.05) is 0 Å². The summed E-state index contributed by atoms with van der Waals surface area (Å²) in [5.41, 5.74) is 6.30. The molecular formula is C16H18N4O5. The molecule has 2 aromatic rings. The molecule has 132 valence electrons. The van der Waals surface area contributed by atoms with Crippen molar-refractivity contribution in [1.29, 1.82) is 0 Å². The second-order valence-electron chi connectivity index (χ2n) is 5.88. The summed E-state index contributed by atoms with van der Waals surface area (Å²) in [6.45, 7) is 0.633. The number of nitrogens with zero attached hydrogens (tertiary/aromatic N) is 3. The number of pyridine rings is 1. The number of carboxylic acids is 1. The topological polar surface area (TPSA) is 129 Å². The van der Waals surface area contributed by atoms with Crippen LogP contribution in [0, 0.1) is 0 Å². The van der Waals surface area contributed by atoms with Crippen LogP contribution < -0.4 is 17.0 Å². The van der Waals surface area contributed by atoms with Crippen LogP contribution in [-0.4, -0.2) is 37.8 Å². The van der Waals surface area contributed by atoms with E-state index in [4.69, 9.17) is 15.6 Å². The van der Waals surface area contributed by atoms with Crippen LogP contribution in [0.1, 0.15) is 16.8 Å². The lowest BCUT2D eigenvalue weighted by Crippen LogP contribution is -2.43. The molecule has 0 unspecified atom stereocenters. The molecule has 1 atom stereocenters. The molecule has 0 aliphatic carbocycles. The molecule has 0 saturated carbocycles. The van der Waals surface area contributed by atoms with Crippen molar-refractivity contribution in [2.75, 3.05) is 6.61 Å². The van der Waals surface area contributed by atoms with Crippen molar-refractivity contribution in [2.24, 2.45) is 12.8 Å². The molecule has 3 heterocycles. The summed E-state index contributed by atoms with van der Waals surface area (Å²) in [5, 5.41) is 8.85. The Balaban J connectivity index is 2.03. The van der Waals surface area contributed by atoms with Crippen LogP contribution in [0.5, 0.6) is 0 Å². The Hall–Kier alpha value is -2.78. The molecule has 0 spiro atoms. The van der Waals surface area contributed by atoms with Gasteiger partial charge in [-0.15, -0.1) is 0 Å². The number of aromatic nitrogens is 3. The molecule has 1 aliphatic rings. The fourth-order valence-corrected chi connectivity index (χ4v) is 2.83. The van der Waals surface area contributed by atoms with Gasteiger partial charge in [0.2, 0.25) is 0 Å². The predicted molar refractivity (Wildman–Crippen MR) is 87.8 cm³/mol. The van der Waals surface area contributed by atoms with Crippen molar-refractivity contribution in [3.05, 3.63) is 56.0 Å². The fourth-order valence-electron chi connectivity index (χ4n) is 2.83. The van der Waals surface area contributed by atoms with Gasteiger partial charge in [0.15, 0.2) is 0 Å². The number of rotatable bonds is 4. The van der Waals surface area contributed by atoms with E-state index in [0.717, 1.165) is 4.57 Å². The van der Waals surface area contributed by atoms with E-state index in [2.05, 4.69) is 4.98 Å². The SMILES string of the molecule is Cn1c2c(c(=O)n(-c3ccc(C[C@H](N)C(=O)O)cn3)c1=O)COCC2. The highest BCUT2D eigenvalue weighted by Crippen LogP contribution is 2.12. The van der Waals surface area contributed by atoms with Gasteiger partial charge >= 0.3 is 11.7 Å². The molecule has 9 nitrogen and oxygen atoms in total. The van der Waals surface area contributed by atoms with Crippen LogP contribution in [-0.2, 0) is 36.0 Å². The van der Waals surface area contributed by atoms with E-state index in [9.17, 15) is 14.4 Å². The average molecular weight is 346 g/mol. The van der Waals surface area contributed by atoms with Gasteiger partial charge in [-0.2, -0.15) is 0 Å². The summed E-state index contributed by atoms with van der Waals surface area (Å²) in [5.74, 6) is -0.935. The van der Waals surface area contributed by atoms with Gasteiger partial charge in [0.05, 0.1) is 18.8 Å². The largest absolute Gasteiger partial charge is 0.480 e. The first kappa shape index (κ1) is 17.1. The Morgan fingerprint density at radius 3 is 2.84 bits per heavy atom. The Kier molecular flexibility index (Phi) is 4.51. The van der Waals surface area contributed by atoms with Gasteiger partial charge in [-0.3, -0.25) is 14.2 Å². The third-order valence-corrected chi connectivity index (χ3v) is 4.23. The van der Waals surface area contributed by atoms with E-state index >= 15 is 0 Å². The average Bonchev–Trinajstić information content (AvgIpc) is 2.61. The maximum atomic E-state index is 12.7. The zero-order chi connectivity index (χ0) is 18.1. The van der Waals surface area contributed by atoms with E-state index in [0.29, 0.717) is 29.8 Å². The van der Waals surface area contributed by atoms with Crippen molar-refractivity contribution in [3.8, 4) is 5.82 Å². The normalized spacial score (nSPS) is 14.8. The Bertz CT molecular complexity index is 929. The molecule has 25 heavy (non-hydrogen) atoms. The van der Waals surface area contributed by atoms with Crippen molar-refractivity contribution >= 4 is 5.97 Å². The summed E-state index contributed by atoms with van der Waals surface area (Å²) in [6, 6.07) is 2.07. The lowest BCUT2D eigenvalue weighted by Gasteiger charge is -2.20. The summed E-state index contributed by atoms with van der Waals surface area (Å²) in [7, 11) is 1.61. The van der Waals surface area contributed by atoms with Gasteiger partial charge in [-0.05, 0) is 18.1 Å². The number of hydrogen-bond donors (Lipinski definition) is 2. The first-order valence-electron chi connectivity index (χ1n) is 7.75. The highest BCUT2D eigenvalue weighted by molar-refractivity contribution is 5.73. The molecule has 1 aliphatic heterocycles. The van der Waals surface area contributed by atoms with Gasteiger partial charge in [0.1, 0.15) is 11.9 Å². The molecule has 0 amide bonds. The molecule has 0 fully saturated rings. The third-order valence-electron chi connectivity index (χ3n) is 4.23. The Morgan fingerprint density at radius 1 is 1.44 bits per heavy atom. The molecular weight excluding hydrogens is 328 g/mol. The quantitative estimate of drug-likeness (QED) is 0.723. The summed E-state index contributed by atoms with van der Waals surface area (Å²) in [6.07, 6.45) is 2.03. The minimum Gasteiger partial charge on any atom is -0.480 e. The van der Waals surface area contributed by atoms with Gasteiger partial charge in [-0.25, -0.2) is 14.3 Å². The predicted octanol–water partition coefficient (Wildman–Crippen LogP) is -1.04. The van der Waals surface area contributed by atoms with E-state index in [1.165, 1.54) is 16.8 Å². The van der Waals surface area contributed by atoms with Gasteiger partial charge in [0, 0.05) is 25.4 Å². The van der Waals surface area contributed by atoms with Gasteiger partial charge in [0.25, 0.3) is 5.56 Å². The molecule has 0 radical (unpaired) electrons. The van der Waals surface area contributed by atoms with Crippen molar-refractivity contribution in [2.45, 2.75) is 25.5 Å². The number of hydrogen-bond acceptors (Lipinski definition) is 6. The van der Waals surface area contributed by atoms with Gasteiger partial charge < -0.3 is 15.6 Å². The van der Waals surface area contributed by atoms with E-state index in [-0.39, 0.29) is 18.8 Å². The van der Waals surface area contributed by atoms with E-state index < -0.39 is 23.3 Å². The summed E-state index contributed by atoms with van der Waals surface area (Å²) >= 11 is 0. The highest BCUT2D eigenvalue weighted by atomic mass is 16.5. The number of nitrogens with two attached hydrogens (primary N) is 1. The molecule has 2 aromatic heterocycles. The Labute approximate surface area is 142 Å². The highest BCUT2D eigenvalue weighted by Gasteiger charge is 2.21. The maximum absolute atomic E-state index is 12.7. The monoisotopic (exact) mass is 346 g/mol. The van der Waals surface area contributed by atoms with Crippen LogP contribution >= 0.6 is 0 Å².